The number of benzene rings is 16. The van der Waals surface area contributed by atoms with Crippen LogP contribution in [0.1, 0.15) is 0 Å². The zero-order valence-corrected chi connectivity index (χ0v) is 52.1. The molecule has 0 atom stereocenters. The first-order valence-corrected chi connectivity index (χ1v) is 32.7. The minimum Gasteiger partial charge on any atom is -0.311 e. The molecule has 2 heterocycles. The third-order valence-corrected chi connectivity index (χ3v) is 19.3. The molecule has 0 amide bonds. The van der Waals surface area contributed by atoms with Crippen molar-refractivity contribution in [3.8, 4) is 89.3 Å². The van der Waals surface area contributed by atoms with Gasteiger partial charge in [-0.2, -0.15) is 0 Å². The molecule has 0 spiro atoms. The lowest BCUT2D eigenvalue weighted by atomic mass is 9.95. The summed E-state index contributed by atoms with van der Waals surface area (Å²) in [7, 11) is 0. The smallest absolute Gasteiger partial charge is 0.0547 e. The Morgan fingerprint density at radius 2 is 0.453 bits per heavy atom. The fourth-order valence-corrected chi connectivity index (χ4v) is 14.7. The average Bonchev–Trinajstić information content (AvgIpc) is 1.62. The van der Waals surface area contributed by atoms with Gasteiger partial charge in [0.05, 0.1) is 22.1 Å². The van der Waals surface area contributed by atoms with Crippen molar-refractivity contribution in [2.75, 3.05) is 4.90 Å². The maximum Gasteiger partial charge on any atom is 0.0547 e. The van der Waals surface area contributed by atoms with Crippen LogP contribution in [-0.2, 0) is 0 Å². The van der Waals surface area contributed by atoms with Crippen LogP contribution in [0.4, 0.5) is 17.1 Å². The monoisotopic (exact) mass is 1210 g/mol. The van der Waals surface area contributed by atoms with E-state index in [0.717, 1.165) is 61.8 Å². The summed E-state index contributed by atoms with van der Waals surface area (Å²) in [4.78, 5) is 2.38. The first-order chi connectivity index (χ1) is 47.1. The van der Waals surface area contributed by atoms with E-state index < -0.39 is 0 Å². The average molecular weight is 1210 g/mol. The highest BCUT2D eigenvalue weighted by Crippen LogP contribution is 2.43. The number of anilines is 3. The Bertz CT molecular complexity index is 5900. The zero-order chi connectivity index (χ0) is 62.8. The number of hydrogen-bond acceptors (Lipinski definition) is 1. The molecule has 0 aliphatic heterocycles. The van der Waals surface area contributed by atoms with Gasteiger partial charge in [-0.3, -0.25) is 0 Å². The van der Waals surface area contributed by atoms with Gasteiger partial charge in [0, 0.05) is 50.0 Å². The Morgan fingerprint density at radius 3 is 0.905 bits per heavy atom. The SMILES string of the molecule is c1cc(-c2ccc(N(c3ccc(-c4cccc(-c5ccc6c7ccccc7n(-c7cccc(-c8cccc9ccccc89)c7)c6c5)c4)cc3)c3ccc(-c4cccc(-c5cccc6ccccc56)c4)cc3)cc2)cc(-c2cccc(-n3c4ccccc4c4ccccc43)c2)c1. The molecule has 3 nitrogen and oxygen atoms in total. The molecular formula is C92H61N3. The molecule has 16 aromatic carbocycles. The van der Waals surface area contributed by atoms with Crippen molar-refractivity contribution in [3.63, 3.8) is 0 Å². The Balaban J connectivity index is 0.680. The zero-order valence-electron chi connectivity index (χ0n) is 52.1. The summed E-state index contributed by atoms with van der Waals surface area (Å²) in [5.74, 6) is 0. The van der Waals surface area contributed by atoms with Gasteiger partial charge in [-0.15, -0.1) is 0 Å². The van der Waals surface area contributed by atoms with Crippen molar-refractivity contribution in [1.82, 2.24) is 9.13 Å². The van der Waals surface area contributed by atoms with Crippen LogP contribution in [0, 0.1) is 0 Å². The molecule has 0 aliphatic rings. The Morgan fingerprint density at radius 1 is 0.168 bits per heavy atom. The van der Waals surface area contributed by atoms with Gasteiger partial charge < -0.3 is 14.0 Å². The topological polar surface area (TPSA) is 13.1 Å². The van der Waals surface area contributed by atoms with Crippen molar-refractivity contribution in [2.24, 2.45) is 0 Å². The highest BCUT2D eigenvalue weighted by Gasteiger charge is 2.19. The van der Waals surface area contributed by atoms with E-state index in [1.165, 1.54) is 110 Å². The minimum absolute atomic E-state index is 1.07. The van der Waals surface area contributed by atoms with Gasteiger partial charge >= 0.3 is 0 Å². The van der Waals surface area contributed by atoms with Gasteiger partial charge in [0.1, 0.15) is 0 Å². The summed E-state index contributed by atoms with van der Waals surface area (Å²) >= 11 is 0. The van der Waals surface area contributed by atoms with E-state index in [2.05, 4.69) is 384 Å². The van der Waals surface area contributed by atoms with Crippen LogP contribution in [0.5, 0.6) is 0 Å². The highest BCUT2D eigenvalue weighted by molar-refractivity contribution is 6.11. The summed E-state index contributed by atoms with van der Waals surface area (Å²) in [6.07, 6.45) is 0. The molecule has 0 N–H and O–H groups in total. The van der Waals surface area contributed by atoms with E-state index in [-0.39, 0.29) is 0 Å². The van der Waals surface area contributed by atoms with Crippen molar-refractivity contribution in [3.05, 3.63) is 370 Å². The third-order valence-electron chi connectivity index (χ3n) is 19.3. The number of hydrogen-bond donors (Lipinski definition) is 0. The Labute approximate surface area is 552 Å². The van der Waals surface area contributed by atoms with Crippen LogP contribution >= 0.6 is 0 Å². The van der Waals surface area contributed by atoms with Crippen LogP contribution in [0.3, 0.4) is 0 Å². The van der Waals surface area contributed by atoms with Crippen molar-refractivity contribution in [2.45, 2.75) is 0 Å². The highest BCUT2D eigenvalue weighted by atomic mass is 15.1. The number of aromatic nitrogens is 2. The van der Waals surface area contributed by atoms with Crippen molar-refractivity contribution >= 4 is 82.2 Å². The van der Waals surface area contributed by atoms with Gasteiger partial charge in [0.25, 0.3) is 0 Å². The number of nitrogens with zero attached hydrogens (tertiary/aromatic N) is 3. The molecule has 0 bridgehead atoms. The van der Waals surface area contributed by atoms with E-state index in [4.69, 9.17) is 0 Å². The Hall–Kier alpha value is -12.6. The first-order valence-electron chi connectivity index (χ1n) is 32.7. The van der Waals surface area contributed by atoms with Crippen LogP contribution in [0.15, 0.2) is 370 Å². The first kappa shape index (κ1) is 55.3. The van der Waals surface area contributed by atoms with E-state index in [9.17, 15) is 0 Å². The molecule has 95 heavy (non-hydrogen) atoms. The molecule has 18 rings (SSSR count). The summed E-state index contributed by atoms with van der Waals surface area (Å²) in [5.41, 5.74) is 26.7. The molecule has 0 saturated carbocycles. The van der Waals surface area contributed by atoms with Gasteiger partial charge in [-0.1, -0.05) is 267 Å². The number of rotatable bonds is 12. The fraction of sp³-hybridized carbons (Fsp3) is 0. The van der Waals surface area contributed by atoms with E-state index in [0.29, 0.717) is 0 Å². The van der Waals surface area contributed by atoms with Crippen LogP contribution < -0.4 is 4.90 Å². The second-order valence-corrected chi connectivity index (χ2v) is 24.8. The molecular weight excluding hydrogens is 1150 g/mol. The molecule has 2 aromatic heterocycles. The van der Waals surface area contributed by atoms with Crippen molar-refractivity contribution in [1.29, 1.82) is 0 Å². The lowest BCUT2D eigenvalue weighted by Gasteiger charge is -2.26. The van der Waals surface area contributed by atoms with Gasteiger partial charge in [0.2, 0.25) is 0 Å². The predicted molar refractivity (Wildman–Crippen MR) is 403 cm³/mol. The lowest BCUT2D eigenvalue weighted by molar-refractivity contribution is 1.18. The maximum absolute atomic E-state index is 2.44. The second kappa shape index (κ2) is 23.3. The molecule has 0 unspecified atom stereocenters. The van der Waals surface area contributed by atoms with Crippen LogP contribution in [-0.4, -0.2) is 9.13 Å². The largest absolute Gasteiger partial charge is 0.311 e. The summed E-state index contributed by atoms with van der Waals surface area (Å²) in [6.45, 7) is 0. The third kappa shape index (κ3) is 9.94. The summed E-state index contributed by atoms with van der Waals surface area (Å²) < 4.78 is 4.83. The van der Waals surface area contributed by atoms with Gasteiger partial charge in [0.15, 0.2) is 0 Å². The molecule has 0 radical (unpaired) electrons. The van der Waals surface area contributed by atoms with Crippen molar-refractivity contribution < 1.29 is 0 Å². The number of para-hydroxylation sites is 3. The van der Waals surface area contributed by atoms with E-state index in [1.807, 2.05) is 0 Å². The van der Waals surface area contributed by atoms with Gasteiger partial charge in [-0.25, -0.2) is 0 Å². The Kier molecular flexibility index (Phi) is 13.6. The summed E-state index contributed by atoms with van der Waals surface area (Å²) in [6, 6.07) is 136. The predicted octanol–water partition coefficient (Wildman–Crippen LogP) is 25.3. The van der Waals surface area contributed by atoms with Gasteiger partial charge in [-0.05, 0) is 203 Å². The molecule has 0 aliphatic carbocycles. The molecule has 0 fully saturated rings. The lowest BCUT2D eigenvalue weighted by Crippen LogP contribution is -2.09. The molecule has 0 saturated heterocycles. The molecule has 444 valence electrons. The van der Waals surface area contributed by atoms with Crippen LogP contribution in [0.2, 0.25) is 0 Å². The maximum atomic E-state index is 2.44. The number of fused-ring (bicyclic) bond motifs is 8. The van der Waals surface area contributed by atoms with Crippen LogP contribution in [0.25, 0.3) is 154 Å². The quantitative estimate of drug-likeness (QED) is 0.119. The normalized spacial score (nSPS) is 11.6. The minimum atomic E-state index is 1.07. The second-order valence-electron chi connectivity index (χ2n) is 24.8. The van der Waals surface area contributed by atoms with E-state index >= 15 is 0 Å². The fourth-order valence-electron chi connectivity index (χ4n) is 14.7. The molecule has 18 aromatic rings. The molecule has 3 heteroatoms. The van der Waals surface area contributed by atoms with E-state index in [1.54, 1.807) is 0 Å². The summed E-state index contributed by atoms with van der Waals surface area (Å²) in [5, 5.41) is 9.98. The standard InChI is InChI=1S/C92H61N3/c1-3-32-81-65(18-1)20-16-37-83(81)74-28-13-24-69(58-74)64-46-53-78(54-47-64)93(76-49-42-62(43-50-76)67-22-11-25-70(56-67)72-27-14-30-79(59-72)94-89-39-8-5-34-85(89)86-35-6-9-40-90(86)94)77-51-44-63(45-52-77)68-23-12-26-71(57-68)73-48-55-88-87-36-7-10-41-91(87)95(92(88)61-73)80-31-15-29-75(60-80)84-38-17-21-66-19-2-4-33-82(66)84/h1-61H.